The van der Waals surface area contributed by atoms with E-state index in [9.17, 15) is 9.59 Å². The Morgan fingerprint density at radius 2 is 1.77 bits per heavy atom. The third-order valence-electron chi connectivity index (χ3n) is 7.19. The van der Waals surface area contributed by atoms with Crippen molar-refractivity contribution in [3.63, 3.8) is 0 Å². The van der Waals surface area contributed by atoms with Crippen LogP contribution in [0.15, 0.2) is 35.3 Å². The van der Waals surface area contributed by atoms with Gasteiger partial charge in [0.1, 0.15) is 5.60 Å². The number of aromatic nitrogens is 2. The van der Waals surface area contributed by atoms with Crippen molar-refractivity contribution in [2.45, 2.75) is 78.0 Å². The SMILES string of the molecule is Cn1c(N2CCC3(CC2)Cc2ccccc2[C@H]3N(C(=O)OC(C)(C)C)C(C)(C)C)ncc(I)c1=O. The minimum atomic E-state index is -0.573. The standard InChI is InChI=1S/C27H37IN4O3/c1-25(2,3)32(24(34)35-26(4,5)6)21-19-11-9-8-10-18(19)16-27(21)12-14-31(15-13-27)23-29-17-20(28)22(33)30(23)7/h8-11,17,21H,12-16H2,1-7H3/t21-/m1/s1. The first-order chi connectivity index (χ1) is 16.2. The zero-order chi connectivity index (χ0) is 25.8. The maximum Gasteiger partial charge on any atom is 0.411 e. The first kappa shape index (κ1) is 26.0. The van der Waals surface area contributed by atoms with E-state index < -0.39 is 11.1 Å². The van der Waals surface area contributed by atoms with Crippen LogP contribution in [-0.2, 0) is 18.2 Å². The van der Waals surface area contributed by atoms with Crippen molar-refractivity contribution in [2.75, 3.05) is 18.0 Å². The Kier molecular flexibility index (Phi) is 6.74. The minimum absolute atomic E-state index is 0.0223. The molecule has 1 atom stereocenters. The number of halogens is 1. The highest BCUT2D eigenvalue weighted by Crippen LogP contribution is 2.56. The van der Waals surface area contributed by atoms with Gasteiger partial charge >= 0.3 is 6.09 Å². The third kappa shape index (κ3) is 4.95. The highest BCUT2D eigenvalue weighted by atomic mass is 127. The normalized spacial score (nSPS) is 19.5. The number of amides is 1. The fourth-order valence-electron chi connectivity index (χ4n) is 5.66. The van der Waals surface area contributed by atoms with Gasteiger partial charge in [-0.2, -0.15) is 0 Å². The second kappa shape index (κ2) is 9.09. The summed E-state index contributed by atoms with van der Waals surface area (Å²) in [6.07, 6.45) is 4.10. The number of hydrogen-bond donors (Lipinski definition) is 0. The lowest BCUT2D eigenvalue weighted by atomic mass is 9.71. The van der Waals surface area contributed by atoms with Crippen molar-refractivity contribution in [3.05, 3.63) is 55.5 Å². The predicted molar refractivity (Wildman–Crippen MR) is 147 cm³/mol. The number of fused-ring (bicyclic) bond motifs is 1. The van der Waals surface area contributed by atoms with Gasteiger partial charge in [0.25, 0.3) is 5.56 Å². The predicted octanol–water partition coefficient (Wildman–Crippen LogP) is 5.30. The summed E-state index contributed by atoms with van der Waals surface area (Å²) < 4.78 is 8.21. The van der Waals surface area contributed by atoms with Gasteiger partial charge in [0, 0.05) is 37.3 Å². The fraction of sp³-hybridized carbons (Fsp3) is 0.593. The van der Waals surface area contributed by atoms with E-state index in [-0.39, 0.29) is 23.1 Å². The Balaban J connectivity index is 1.71. The number of benzene rings is 1. The van der Waals surface area contributed by atoms with Gasteiger partial charge in [-0.3, -0.25) is 14.3 Å². The molecule has 0 unspecified atom stereocenters. The molecule has 1 aromatic carbocycles. The van der Waals surface area contributed by atoms with Crippen LogP contribution in [0.5, 0.6) is 0 Å². The first-order valence-electron chi connectivity index (χ1n) is 12.3. The Bertz CT molecular complexity index is 1170. The maximum atomic E-state index is 13.7. The van der Waals surface area contributed by atoms with E-state index in [4.69, 9.17) is 4.74 Å². The van der Waals surface area contributed by atoms with Crippen molar-refractivity contribution >= 4 is 34.6 Å². The van der Waals surface area contributed by atoms with Crippen LogP contribution >= 0.6 is 22.6 Å². The van der Waals surface area contributed by atoms with E-state index in [0.29, 0.717) is 9.52 Å². The zero-order valence-electron chi connectivity index (χ0n) is 21.9. The molecule has 0 saturated carbocycles. The second-order valence-corrected chi connectivity index (χ2v) is 13.1. The Labute approximate surface area is 222 Å². The molecule has 2 heterocycles. The van der Waals surface area contributed by atoms with E-state index in [1.807, 2.05) is 48.3 Å². The number of carbonyl (C=O) groups is 1. The summed E-state index contributed by atoms with van der Waals surface area (Å²) in [6, 6.07) is 8.45. The van der Waals surface area contributed by atoms with Gasteiger partial charge in [-0.15, -0.1) is 0 Å². The molecule has 1 aromatic heterocycles. The Morgan fingerprint density at radius 1 is 1.14 bits per heavy atom. The van der Waals surface area contributed by atoms with Crippen LogP contribution < -0.4 is 10.5 Å². The third-order valence-corrected chi connectivity index (χ3v) is 7.93. The van der Waals surface area contributed by atoms with Crippen molar-refractivity contribution in [2.24, 2.45) is 12.5 Å². The smallest absolute Gasteiger partial charge is 0.411 e. The average Bonchev–Trinajstić information content (AvgIpc) is 3.04. The van der Waals surface area contributed by atoms with Crippen LogP contribution in [0.2, 0.25) is 0 Å². The molecule has 7 nitrogen and oxygen atoms in total. The molecule has 0 bridgehead atoms. The van der Waals surface area contributed by atoms with Gasteiger partial charge in [-0.05, 0) is 94.5 Å². The fourth-order valence-corrected chi connectivity index (χ4v) is 6.16. The molecule has 0 radical (unpaired) electrons. The lowest BCUT2D eigenvalue weighted by Gasteiger charge is -2.51. The molecule has 2 aliphatic rings. The number of rotatable bonds is 2. The number of carbonyl (C=O) groups excluding carboxylic acids is 1. The van der Waals surface area contributed by atoms with E-state index in [2.05, 4.69) is 54.9 Å². The lowest BCUT2D eigenvalue weighted by molar-refractivity contribution is -0.0373. The van der Waals surface area contributed by atoms with Crippen LogP contribution in [0, 0.1) is 8.99 Å². The molecule has 1 spiro atoms. The second-order valence-electron chi connectivity index (χ2n) is 11.9. The first-order valence-corrected chi connectivity index (χ1v) is 13.4. The summed E-state index contributed by atoms with van der Waals surface area (Å²) in [5.41, 5.74) is 1.41. The van der Waals surface area contributed by atoms with E-state index in [0.717, 1.165) is 32.4 Å². The van der Waals surface area contributed by atoms with Gasteiger partial charge in [-0.25, -0.2) is 9.78 Å². The zero-order valence-corrected chi connectivity index (χ0v) is 24.0. The molecule has 1 fully saturated rings. The minimum Gasteiger partial charge on any atom is -0.444 e. The van der Waals surface area contributed by atoms with Crippen molar-refractivity contribution < 1.29 is 9.53 Å². The molecule has 1 aliphatic heterocycles. The van der Waals surface area contributed by atoms with Crippen LogP contribution in [0.4, 0.5) is 10.7 Å². The van der Waals surface area contributed by atoms with Crippen molar-refractivity contribution in [1.29, 1.82) is 0 Å². The van der Waals surface area contributed by atoms with Crippen LogP contribution in [-0.4, -0.2) is 44.8 Å². The van der Waals surface area contributed by atoms with Gasteiger partial charge in [0.05, 0.1) is 9.61 Å². The van der Waals surface area contributed by atoms with E-state index in [1.165, 1.54) is 11.1 Å². The van der Waals surface area contributed by atoms with Gasteiger partial charge in [0.15, 0.2) is 0 Å². The highest BCUT2D eigenvalue weighted by Gasteiger charge is 2.54. The number of piperidine rings is 1. The van der Waals surface area contributed by atoms with Gasteiger partial charge in [-0.1, -0.05) is 24.3 Å². The topological polar surface area (TPSA) is 67.7 Å². The van der Waals surface area contributed by atoms with Crippen LogP contribution in [0.3, 0.4) is 0 Å². The summed E-state index contributed by atoms with van der Waals surface area (Å²) in [5, 5.41) is 0. The Hall–Kier alpha value is -2.10. The van der Waals surface area contributed by atoms with Crippen LogP contribution in [0.1, 0.15) is 71.6 Å². The lowest BCUT2D eigenvalue weighted by Crippen LogP contribution is -2.55. The molecule has 35 heavy (non-hydrogen) atoms. The van der Waals surface area contributed by atoms with E-state index in [1.54, 1.807) is 17.8 Å². The van der Waals surface area contributed by atoms with Gasteiger partial charge in [0.2, 0.25) is 5.95 Å². The number of hydrogen-bond acceptors (Lipinski definition) is 5. The molecule has 1 amide bonds. The molecule has 190 valence electrons. The molecule has 0 N–H and O–H groups in total. The summed E-state index contributed by atoms with van der Waals surface area (Å²) in [6.45, 7) is 13.6. The van der Waals surface area contributed by atoms with Gasteiger partial charge < -0.3 is 9.64 Å². The Morgan fingerprint density at radius 3 is 2.37 bits per heavy atom. The number of nitrogens with zero attached hydrogens (tertiary/aromatic N) is 4. The molecule has 1 saturated heterocycles. The molecular formula is C27H37IN4O3. The van der Waals surface area contributed by atoms with Crippen molar-refractivity contribution in [3.8, 4) is 0 Å². The number of anilines is 1. The molecule has 2 aromatic rings. The largest absolute Gasteiger partial charge is 0.444 e. The summed E-state index contributed by atoms with van der Waals surface area (Å²) in [5.74, 6) is 0.706. The summed E-state index contributed by atoms with van der Waals surface area (Å²) in [7, 11) is 1.79. The highest BCUT2D eigenvalue weighted by molar-refractivity contribution is 14.1. The maximum absolute atomic E-state index is 13.7. The quantitative estimate of drug-likeness (QED) is 0.443. The van der Waals surface area contributed by atoms with Crippen molar-refractivity contribution in [1.82, 2.24) is 14.5 Å². The molecule has 4 rings (SSSR count). The summed E-state index contributed by atoms with van der Waals surface area (Å²) >= 11 is 2.03. The monoisotopic (exact) mass is 592 g/mol. The average molecular weight is 593 g/mol. The molecular weight excluding hydrogens is 555 g/mol. The molecule has 8 heteroatoms. The van der Waals surface area contributed by atoms with E-state index >= 15 is 0 Å². The summed E-state index contributed by atoms with van der Waals surface area (Å²) in [4.78, 5) is 34.9. The molecule has 1 aliphatic carbocycles. The van der Waals surface area contributed by atoms with Crippen LogP contribution in [0.25, 0.3) is 0 Å². The number of ether oxygens (including phenoxy) is 1.